The molecule has 0 aliphatic heterocycles. The van der Waals surface area contributed by atoms with Gasteiger partial charge in [-0.15, -0.1) is 23.5 Å². The Hall–Kier alpha value is -1.64. The molecule has 2 nitrogen and oxygen atoms in total. The van der Waals surface area contributed by atoms with Crippen molar-refractivity contribution in [2.75, 3.05) is 12.5 Å². The van der Waals surface area contributed by atoms with Gasteiger partial charge in [-0.3, -0.25) is 0 Å². The summed E-state index contributed by atoms with van der Waals surface area (Å²) in [7, 11) is 0. The van der Waals surface area contributed by atoms with Crippen molar-refractivity contribution in [3.63, 3.8) is 0 Å². The van der Waals surface area contributed by atoms with Crippen LogP contribution in [0.25, 0.3) is 15.4 Å². The second kappa shape index (κ2) is 6.69. The van der Waals surface area contributed by atoms with Crippen molar-refractivity contribution in [3.05, 3.63) is 55.9 Å². The van der Waals surface area contributed by atoms with Crippen molar-refractivity contribution < 1.29 is 17.6 Å². The molecule has 1 aromatic rings. The van der Waals surface area contributed by atoms with Gasteiger partial charge in [0.2, 0.25) is 5.70 Å². The third kappa shape index (κ3) is 2.62. The van der Waals surface area contributed by atoms with Crippen LogP contribution in [0.15, 0.2) is 4.24 Å². The summed E-state index contributed by atoms with van der Waals surface area (Å²) in [5.41, 5.74) is -2.96. The molecule has 0 fully saturated rings. The van der Waals surface area contributed by atoms with Crippen LogP contribution in [0.4, 0.5) is 23.2 Å². The molecule has 0 N–H and O–H groups in total. The molecule has 0 amide bonds. The quantitative estimate of drug-likeness (QED) is 0.437. The molecule has 0 aliphatic carbocycles. The van der Waals surface area contributed by atoms with Crippen LogP contribution in [0.1, 0.15) is 5.56 Å². The van der Waals surface area contributed by atoms with E-state index in [1.54, 1.807) is 12.5 Å². The van der Waals surface area contributed by atoms with Crippen molar-refractivity contribution in [1.82, 2.24) is 0 Å². The second-order valence-corrected chi connectivity index (χ2v) is 5.14. The number of hydrogen-bond acceptors (Lipinski definition) is 2. The maximum absolute atomic E-state index is 13.8. The Labute approximate surface area is 121 Å². The van der Waals surface area contributed by atoms with Gasteiger partial charge in [0.25, 0.3) is 5.69 Å². The van der Waals surface area contributed by atoms with E-state index < -0.39 is 40.2 Å². The fourth-order valence-electron chi connectivity index (χ4n) is 1.41. The lowest BCUT2D eigenvalue weighted by atomic mass is 10.1. The van der Waals surface area contributed by atoms with E-state index in [9.17, 15) is 17.6 Å². The maximum Gasteiger partial charge on any atom is 0.262 e. The molecule has 1 aromatic carbocycles. The first-order valence-electron chi connectivity index (χ1n) is 4.88. The first kappa shape index (κ1) is 16.4. The lowest BCUT2D eigenvalue weighted by molar-refractivity contribution is 0.457. The number of rotatable bonds is 3. The van der Waals surface area contributed by atoms with E-state index in [4.69, 9.17) is 13.1 Å². The Morgan fingerprint density at radius 2 is 1.35 bits per heavy atom. The standard InChI is InChI=1S/C12H6F4N2S2/c1-17-10(12(19-3)20-4)5-6(13)8(15)11(18-2)9(16)7(5)14/h3-4H3. The zero-order valence-electron chi connectivity index (χ0n) is 10.2. The molecule has 0 atom stereocenters. The maximum atomic E-state index is 13.8. The van der Waals surface area contributed by atoms with E-state index in [0.717, 1.165) is 23.5 Å². The lowest BCUT2D eigenvalue weighted by Gasteiger charge is -2.10. The van der Waals surface area contributed by atoms with Crippen molar-refractivity contribution in [2.45, 2.75) is 0 Å². The van der Waals surface area contributed by atoms with Gasteiger partial charge in [-0.25, -0.2) is 27.3 Å². The Balaban J connectivity index is 3.86. The van der Waals surface area contributed by atoms with Crippen LogP contribution in [-0.2, 0) is 0 Å². The van der Waals surface area contributed by atoms with Crippen molar-refractivity contribution in [3.8, 4) is 0 Å². The highest BCUT2D eigenvalue weighted by molar-refractivity contribution is 8.21. The summed E-state index contributed by atoms with van der Waals surface area (Å²) in [6.07, 6.45) is 3.13. The highest BCUT2D eigenvalue weighted by atomic mass is 32.2. The Morgan fingerprint density at radius 1 is 0.900 bits per heavy atom. The molecule has 1 rings (SSSR count). The smallest absolute Gasteiger partial charge is 0.236 e. The largest absolute Gasteiger partial charge is 0.262 e. The van der Waals surface area contributed by atoms with Crippen LogP contribution in [0, 0.1) is 36.4 Å². The molecule has 0 unspecified atom stereocenters. The molecule has 20 heavy (non-hydrogen) atoms. The van der Waals surface area contributed by atoms with Gasteiger partial charge in [0.05, 0.1) is 18.7 Å². The van der Waals surface area contributed by atoms with Crippen LogP contribution < -0.4 is 0 Å². The van der Waals surface area contributed by atoms with Crippen LogP contribution in [0.3, 0.4) is 0 Å². The first-order valence-corrected chi connectivity index (χ1v) is 7.32. The fourth-order valence-corrected chi connectivity index (χ4v) is 2.76. The van der Waals surface area contributed by atoms with Gasteiger partial charge in [-0.05, 0) is 12.5 Å². The minimum Gasteiger partial charge on any atom is -0.236 e. The van der Waals surface area contributed by atoms with Crippen molar-refractivity contribution in [2.24, 2.45) is 0 Å². The predicted octanol–water partition coefficient (Wildman–Crippen LogP) is 5.07. The summed E-state index contributed by atoms with van der Waals surface area (Å²) < 4.78 is 55.0. The van der Waals surface area contributed by atoms with Crippen LogP contribution >= 0.6 is 23.5 Å². The normalized spacial score (nSPS) is 9.80. The van der Waals surface area contributed by atoms with Gasteiger partial charge >= 0.3 is 0 Å². The van der Waals surface area contributed by atoms with E-state index in [2.05, 4.69) is 9.69 Å². The third-order valence-electron chi connectivity index (χ3n) is 2.26. The topological polar surface area (TPSA) is 8.72 Å². The summed E-state index contributed by atoms with van der Waals surface area (Å²) in [5, 5.41) is 0. The second-order valence-electron chi connectivity index (χ2n) is 3.25. The third-order valence-corrected chi connectivity index (χ3v) is 4.39. The molecule has 0 aromatic heterocycles. The Bertz CT molecular complexity index is 637. The minimum absolute atomic E-state index is 0.215. The Morgan fingerprint density at radius 3 is 1.65 bits per heavy atom. The van der Waals surface area contributed by atoms with E-state index in [0.29, 0.717) is 0 Å². The SMILES string of the molecule is [C-]#[N+]C(=C(SC)SC)c1c(F)c(F)c([N+]#[C-])c(F)c1F. The van der Waals surface area contributed by atoms with E-state index >= 15 is 0 Å². The molecular formula is C12H6F4N2S2. The van der Waals surface area contributed by atoms with E-state index in [1.165, 1.54) is 0 Å². The van der Waals surface area contributed by atoms with Crippen LogP contribution in [0.5, 0.6) is 0 Å². The van der Waals surface area contributed by atoms with E-state index in [-0.39, 0.29) is 4.24 Å². The molecule has 0 aliphatic rings. The highest BCUT2D eigenvalue weighted by Crippen LogP contribution is 2.39. The van der Waals surface area contributed by atoms with Gasteiger partial charge in [-0.2, -0.15) is 0 Å². The number of thioether (sulfide) groups is 2. The van der Waals surface area contributed by atoms with Gasteiger partial charge < -0.3 is 0 Å². The molecule has 8 heteroatoms. The zero-order chi connectivity index (χ0) is 15.4. The molecule has 0 saturated heterocycles. The highest BCUT2D eigenvalue weighted by Gasteiger charge is 2.29. The van der Waals surface area contributed by atoms with Gasteiger partial charge in [-0.1, -0.05) is 0 Å². The fraction of sp³-hybridized carbons (Fsp3) is 0.167. The molecule has 0 heterocycles. The van der Waals surface area contributed by atoms with Gasteiger partial charge in [0, 0.05) is 4.24 Å². The average molecular weight is 318 g/mol. The molecular weight excluding hydrogens is 312 g/mol. The Kier molecular flexibility index (Phi) is 5.49. The predicted molar refractivity (Wildman–Crippen MR) is 73.1 cm³/mol. The minimum atomic E-state index is -1.79. The van der Waals surface area contributed by atoms with Crippen LogP contribution in [0.2, 0.25) is 0 Å². The zero-order valence-corrected chi connectivity index (χ0v) is 11.9. The van der Waals surface area contributed by atoms with Gasteiger partial charge in [0.1, 0.15) is 11.6 Å². The molecule has 0 spiro atoms. The number of halogens is 4. The molecule has 104 valence electrons. The number of nitrogens with zero attached hydrogens (tertiary/aromatic N) is 2. The molecule has 0 saturated carbocycles. The average Bonchev–Trinajstić information content (AvgIpc) is 2.45. The monoisotopic (exact) mass is 318 g/mol. The summed E-state index contributed by atoms with van der Waals surface area (Å²) in [6, 6.07) is 0. The molecule has 0 bridgehead atoms. The summed E-state index contributed by atoms with van der Waals surface area (Å²) in [5.74, 6) is -7.06. The van der Waals surface area contributed by atoms with E-state index in [1.807, 2.05) is 0 Å². The number of hydrogen-bond donors (Lipinski definition) is 0. The summed E-state index contributed by atoms with van der Waals surface area (Å²) in [6.45, 7) is 13.5. The first-order chi connectivity index (χ1) is 9.44. The summed E-state index contributed by atoms with van der Waals surface area (Å²) in [4.78, 5) is 5.38. The van der Waals surface area contributed by atoms with Gasteiger partial charge in [0.15, 0.2) is 11.6 Å². The lowest BCUT2D eigenvalue weighted by Crippen LogP contribution is -2.02. The number of benzene rings is 1. The van der Waals surface area contributed by atoms with Crippen molar-refractivity contribution >= 4 is 34.9 Å². The molecule has 0 radical (unpaired) electrons. The van der Waals surface area contributed by atoms with Crippen LogP contribution in [-0.4, -0.2) is 12.5 Å². The van der Waals surface area contributed by atoms with Crippen molar-refractivity contribution in [1.29, 1.82) is 0 Å². The summed E-state index contributed by atoms with van der Waals surface area (Å²) >= 11 is 2.05.